The van der Waals surface area contributed by atoms with Gasteiger partial charge < -0.3 is 5.32 Å². The molecule has 1 nitrogen and oxygen atoms in total. The van der Waals surface area contributed by atoms with E-state index in [2.05, 4.69) is 33.0 Å². The molecule has 2 aliphatic rings. The van der Waals surface area contributed by atoms with Crippen LogP contribution in [0.1, 0.15) is 91.9 Å². The van der Waals surface area contributed by atoms with Crippen LogP contribution in [0, 0.1) is 23.2 Å². The summed E-state index contributed by atoms with van der Waals surface area (Å²) in [4.78, 5) is 0. The van der Waals surface area contributed by atoms with Crippen LogP contribution in [-0.2, 0) is 0 Å². The summed E-state index contributed by atoms with van der Waals surface area (Å²) in [6.45, 7) is 10.8. The van der Waals surface area contributed by atoms with Gasteiger partial charge in [0.15, 0.2) is 0 Å². The van der Waals surface area contributed by atoms with Crippen molar-refractivity contribution >= 4 is 0 Å². The maximum atomic E-state index is 4.00. The largest absolute Gasteiger partial charge is 0.313 e. The Morgan fingerprint density at radius 1 is 1.00 bits per heavy atom. The highest BCUT2D eigenvalue weighted by Gasteiger charge is 2.46. The molecule has 21 heavy (non-hydrogen) atoms. The zero-order chi connectivity index (χ0) is 15.3. The van der Waals surface area contributed by atoms with E-state index in [0.717, 1.165) is 30.3 Å². The Labute approximate surface area is 133 Å². The Kier molecular flexibility index (Phi) is 6.59. The van der Waals surface area contributed by atoms with Crippen LogP contribution < -0.4 is 5.32 Å². The van der Waals surface area contributed by atoms with E-state index in [4.69, 9.17) is 0 Å². The summed E-state index contributed by atoms with van der Waals surface area (Å²) in [7, 11) is 0. The van der Waals surface area contributed by atoms with Gasteiger partial charge in [-0.25, -0.2) is 0 Å². The summed E-state index contributed by atoms with van der Waals surface area (Å²) in [6.07, 6.45) is 14.7. The standard InChI is InChI=1S/C20H39N/c1-5-17-11-7-8-12-18(17)19(21-6-2)20(15-16(3)4)13-9-10-14-20/h16-19,21H,5-15H2,1-4H3. The van der Waals surface area contributed by atoms with E-state index in [1.807, 2.05) is 0 Å². The maximum absolute atomic E-state index is 4.00. The Bertz CT molecular complexity index is 290. The molecule has 0 aromatic heterocycles. The van der Waals surface area contributed by atoms with Gasteiger partial charge in [-0.3, -0.25) is 0 Å². The molecular formula is C20H39N. The van der Waals surface area contributed by atoms with Gasteiger partial charge in [-0.05, 0) is 55.4 Å². The SMILES string of the molecule is CCNC(C1CCCCC1CC)C1(CC(C)C)CCCC1. The molecule has 124 valence electrons. The summed E-state index contributed by atoms with van der Waals surface area (Å²) in [6, 6.07) is 0.789. The van der Waals surface area contributed by atoms with Crippen molar-refractivity contribution in [2.75, 3.05) is 6.54 Å². The molecule has 2 saturated carbocycles. The Balaban J connectivity index is 2.21. The zero-order valence-electron chi connectivity index (χ0n) is 15.1. The van der Waals surface area contributed by atoms with Crippen molar-refractivity contribution in [3.63, 3.8) is 0 Å². The second-order valence-corrected chi connectivity index (χ2v) is 8.32. The second-order valence-electron chi connectivity index (χ2n) is 8.32. The Hall–Kier alpha value is -0.0400. The fourth-order valence-corrected chi connectivity index (χ4v) is 5.76. The van der Waals surface area contributed by atoms with E-state index in [9.17, 15) is 0 Å². The lowest BCUT2D eigenvalue weighted by Gasteiger charge is -2.48. The molecule has 1 heteroatoms. The van der Waals surface area contributed by atoms with Crippen LogP contribution in [-0.4, -0.2) is 12.6 Å². The summed E-state index contributed by atoms with van der Waals surface area (Å²) in [5.74, 6) is 2.76. The highest BCUT2D eigenvalue weighted by atomic mass is 14.9. The van der Waals surface area contributed by atoms with Gasteiger partial charge in [0.2, 0.25) is 0 Å². The number of hydrogen-bond donors (Lipinski definition) is 1. The van der Waals surface area contributed by atoms with Crippen LogP contribution in [0.3, 0.4) is 0 Å². The molecule has 0 heterocycles. The van der Waals surface area contributed by atoms with Crippen molar-refractivity contribution in [3.05, 3.63) is 0 Å². The molecule has 0 radical (unpaired) electrons. The normalized spacial score (nSPS) is 30.7. The molecule has 0 aromatic rings. The predicted octanol–water partition coefficient (Wildman–Crippen LogP) is 5.79. The highest BCUT2D eigenvalue weighted by Crippen LogP contribution is 2.51. The topological polar surface area (TPSA) is 12.0 Å². The summed E-state index contributed by atoms with van der Waals surface area (Å²) >= 11 is 0. The van der Waals surface area contributed by atoms with Crippen molar-refractivity contribution in [1.82, 2.24) is 5.32 Å². The van der Waals surface area contributed by atoms with Crippen LogP contribution in [0.2, 0.25) is 0 Å². The van der Waals surface area contributed by atoms with Gasteiger partial charge in [-0.15, -0.1) is 0 Å². The zero-order valence-corrected chi connectivity index (χ0v) is 15.1. The molecule has 2 rings (SSSR count). The molecule has 0 amide bonds. The van der Waals surface area contributed by atoms with E-state index in [1.54, 1.807) is 0 Å². The maximum Gasteiger partial charge on any atom is 0.0154 e. The van der Waals surface area contributed by atoms with Crippen LogP contribution in [0.25, 0.3) is 0 Å². The molecule has 1 N–H and O–H groups in total. The molecule has 0 spiro atoms. The Morgan fingerprint density at radius 3 is 2.24 bits per heavy atom. The van der Waals surface area contributed by atoms with E-state index >= 15 is 0 Å². The van der Waals surface area contributed by atoms with E-state index in [0.29, 0.717) is 5.41 Å². The quantitative estimate of drug-likeness (QED) is 0.626. The van der Waals surface area contributed by atoms with Gasteiger partial charge in [-0.2, -0.15) is 0 Å². The molecule has 0 aromatic carbocycles. The molecule has 0 saturated heterocycles. The predicted molar refractivity (Wildman–Crippen MR) is 93.6 cm³/mol. The van der Waals surface area contributed by atoms with Gasteiger partial charge in [0, 0.05) is 6.04 Å². The first kappa shape index (κ1) is 17.3. The first-order valence-corrected chi connectivity index (χ1v) is 9.86. The van der Waals surface area contributed by atoms with Crippen molar-refractivity contribution in [3.8, 4) is 0 Å². The molecule has 0 aliphatic heterocycles. The fraction of sp³-hybridized carbons (Fsp3) is 1.00. The molecule has 0 bridgehead atoms. The molecule has 3 unspecified atom stereocenters. The third-order valence-corrected chi connectivity index (χ3v) is 6.42. The first-order chi connectivity index (χ1) is 10.1. The van der Waals surface area contributed by atoms with Crippen LogP contribution in [0.4, 0.5) is 0 Å². The van der Waals surface area contributed by atoms with E-state index < -0.39 is 0 Å². The lowest BCUT2D eigenvalue weighted by atomic mass is 9.62. The third-order valence-electron chi connectivity index (χ3n) is 6.42. The lowest BCUT2D eigenvalue weighted by Crippen LogP contribution is -2.52. The minimum atomic E-state index is 0.611. The number of nitrogens with one attached hydrogen (secondary N) is 1. The van der Waals surface area contributed by atoms with E-state index in [-0.39, 0.29) is 0 Å². The van der Waals surface area contributed by atoms with Gasteiger partial charge in [0.1, 0.15) is 0 Å². The molecule has 3 atom stereocenters. The average molecular weight is 294 g/mol. The minimum Gasteiger partial charge on any atom is -0.313 e. The van der Waals surface area contributed by atoms with Gasteiger partial charge in [-0.1, -0.05) is 66.2 Å². The highest BCUT2D eigenvalue weighted by molar-refractivity contribution is 5.00. The lowest BCUT2D eigenvalue weighted by molar-refractivity contribution is 0.0594. The van der Waals surface area contributed by atoms with Crippen LogP contribution >= 0.6 is 0 Å². The van der Waals surface area contributed by atoms with Crippen molar-refractivity contribution < 1.29 is 0 Å². The van der Waals surface area contributed by atoms with Crippen molar-refractivity contribution in [1.29, 1.82) is 0 Å². The van der Waals surface area contributed by atoms with E-state index in [1.165, 1.54) is 64.2 Å². The van der Waals surface area contributed by atoms with Gasteiger partial charge in [0.25, 0.3) is 0 Å². The number of hydrogen-bond acceptors (Lipinski definition) is 1. The fourth-order valence-electron chi connectivity index (χ4n) is 5.76. The number of rotatable bonds is 7. The molecule has 2 aliphatic carbocycles. The first-order valence-electron chi connectivity index (χ1n) is 9.86. The summed E-state index contributed by atoms with van der Waals surface area (Å²) in [5.41, 5.74) is 0.611. The molecular weight excluding hydrogens is 254 g/mol. The van der Waals surface area contributed by atoms with Gasteiger partial charge >= 0.3 is 0 Å². The average Bonchev–Trinajstić information content (AvgIpc) is 2.93. The monoisotopic (exact) mass is 293 g/mol. The van der Waals surface area contributed by atoms with Crippen molar-refractivity contribution in [2.24, 2.45) is 23.2 Å². The van der Waals surface area contributed by atoms with Gasteiger partial charge in [0.05, 0.1) is 0 Å². The minimum absolute atomic E-state index is 0.611. The Morgan fingerprint density at radius 2 is 1.67 bits per heavy atom. The summed E-state index contributed by atoms with van der Waals surface area (Å²) < 4.78 is 0. The van der Waals surface area contributed by atoms with Crippen LogP contribution in [0.15, 0.2) is 0 Å². The summed E-state index contributed by atoms with van der Waals surface area (Å²) in [5, 5.41) is 4.00. The second kappa shape index (κ2) is 7.99. The molecule has 2 fully saturated rings. The van der Waals surface area contributed by atoms with Crippen LogP contribution in [0.5, 0.6) is 0 Å². The van der Waals surface area contributed by atoms with Crippen molar-refractivity contribution in [2.45, 2.75) is 97.9 Å². The third kappa shape index (κ3) is 4.03. The smallest absolute Gasteiger partial charge is 0.0154 e.